The van der Waals surface area contributed by atoms with E-state index in [4.69, 9.17) is 9.15 Å². The molecule has 2 aromatic rings. The number of hydrogen-bond donors (Lipinski definition) is 0. The van der Waals surface area contributed by atoms with Crippen LogP contribution in [0.25, 0.3) is 0 Å². The second-order valence-electron chi connectivity index (χ2n) is 6.59. The van der Waals surface area contributed by atoms with Crippen molar-refractivity contribution in [3.8, 4) is 0 Å². The Morgan fingerprint density at radius 3 is 2.88 bits per heavy atom. The molecule has 0 bridgehead atoms. The molecule has 25 heavy (non-hydrogen) atoms. The number of fused-ring (bicyclic) bond motifs is 1. The molecule has 0 radical (unpaired) electrons. The SMILES string of the molecule is Cc1nnc(CN2CCOC(C(=O)N3CCc4ccccc4C3)C2)o1. The van der Waals surface area contributed by atoms with Gasteiger partial charge >= 0.3 is 0 Å². The summed E-state index contributed by atoms with van der Waals surface area (Å²) in [6, 6.07) is 8.32. The number of amides is 1. The average Bonchev–Trinajstić information content (AvgIpc) is 3.05. The number of morpholine rings is 1. The van der Waals surface area contributed by atoms with Crippen LogP contribution >= 0.6 is 0 Å². The number of aromatic nitrogens is 2. The van der Waals surface area contributed by atoms with Crippen LogP contribution in [0.3, 0.4) is 0 Å². The van der Waals surface area contributed by atoms with Gasteiger partial charge in [-0.1, -0.05) is 24.3 Å². The van der Waals surface area contributed by atoms with Gasteiger partial charge in [0.2, 0.25) is 11.8 Å². The Kier molecular flexibility index (Phi) is 4.50. The number of carbonyl (C=O) groups is 1. The standard InChI is InChI=1S/C18H22N4O3/c1-13-19-20-17(25-13)12-21-8-9-24-16(11-21)18(23)22-7-6-14-4-2-3-5-15(14)10-22/h2-5,16H,6-12H2,1H3. The number of ether oxygens (including phenoxy) is 1. The zero-order valence-electron chi connectivity index (χ0n) is 14.4. The molecule has 132 valence electrons. The zero-order chi connectivity index (χ0) is 17.2. The monoisotopic (exact) mass is 342 g/mol. The zero-order valence-corrected chi connectivity index (χ0v) is 14.4. The van der Waals surface area contributed by atoms with Gasteiger partial charge in [-0.15, -0.1) is 10.2 Å². The van der Waals surface area contributed by atoms with Crippen molar-refractivity contribution < 1.29 is 13.9 Å². The topological polar surface area (TPSA) is 71.7 Å². The van der Waals surface area contributed by atoms with Crippen LogP contribution in [0.1, 0.15) is 22.9 Å². The van der Waals surface area contributed by atoms with Gasteiger partial charge in [0.1, 0.15) is 6.10 Å². The Bertz CT molecular complexity index is 760. The van der Waals surface area contributed by atoms with E-state index in [2.05, 4.69) is 33.3 Å². The molecule has 4 rings (SSSR count). The van der Waals surface area contributed by atoms with E-state index in [1.54, 1.807) is 6.92 Å². The molecule has 0 saturated carbocycles. The number of nitrogens with zero attached hydrogens (tertiary/aromatic N) is 4. The molecule has 1 aromatic carbocycles. The van der Waals surface area contributed by atoms with Crippen LogP contribution in [0.15, 0.2) is 28.7 Å². The number of aryl methyl sites for hydroxylation is 1. The smallest absolute Gasteiger partial charge is 0.253 e. The second kappa shape index (κ2) is 6.93. The fraction of sp³-hybridized carbons (Fsp3) is 0.500. The first kappa shape index (κ1) is 16.2. The Hall–Kier alpha value is -2.25. The third-order valence-electron chi connectivity index (χ3n) is 4.80. The molecule has 0 N–H and O–H groups in total. The predicted molar refractivity (Wildman–Crippen MR) is 89.6 cm³/mol. The van der Waals surface area contributed by atoms with Gasteiger partial charge < -0.3 is 14.1 Å². The summed E-state index contributed by atoms with van der Waals surface area (Å²) in [4.78, 5) is 16.9. The Balaban J connectivity index is 1.38. The van der Waals surface area contributed by atoms with Crippen molar-refractivity contribution in [1.29, 1.82) is 0 Å². The van der Waals surface area contributed by atoms with Crippen molar-refractivity contribution in [2.45, 2.75) is 32.5 Å². The first-order valence-corrected chi connectivity index (χ1v) is 8.67. The van der Waals surface area contributed by atoms with Crippen LogP contribution < -0.4 is 0 Å². The minimum atomic E-state index is -0.428. The van der Waals surface area contributed by atoms with Crippen molar-refractivity contribution in [1.82, 2.24) is 20.0 Å². The van der Waals surface area contributed by atoms with Gasteiger partial charge in [-0.25, -0.2) is 0 Å². The first-order chi connectivity index (χ1) is 12.2. The molecule has 1 fully saturated rings. The van der Waals surface area contributed by atoms with Crippen molar-refractivity contribution in [3.05, 3.63) is 47.2 Å². The molecule has 3 heterocycles. The third kappa shape index (κ3) is 3.57. The van der Waals surface area contributed by atoms with E-state index in [1.165, 1.54) is 11.1 Å². The lowest BCUT2D eigenvalue weighted by Gasteiger charge is -2.36. The molecule has 7 heteroatoms. The number of rotatable bonds is 3. The predicted octanol–water partition coefficient (Wildman–Crippen LogP) is 1.16. The van der Waals surface area contributed by atoms with Crippen LogP contribution in [0, 0.1) is 6.92 Å². The lowest BCUT2D eigenvalue weighted by molar-refractivity contribution is -0.150. The van der Waals surface area contributed by atoms with Crippen molar-refractivity contribution in [3.63, 3.8) is 0 Å². The van der Waals surface area contributed by atoms with E-state index in [-0.39, 0.29) is 5.91 Å². The molecule has 7 nitrogen and oxygen atoms in total. The van der Waals surface area contributed by atoms with Crippen molar-refractivity contribution >= 4 is 5.91 Å². The van der Waals surface area contributed by atoms with Crippen LogP contribution in [-0.2, 0) is 29.0 Å². The molecule has 0 aliphatic carbocycles. The number of hydrogen-bond acceptors (Lipinski definition) is 6. The minimum absolute atomic E-state index is 0.0703. The van der Waals surface area contributed by atoms with E-state index in [9.17, 15) is 4.79 Å². The molecular formula is C18H22N4O3. The fourth-order valence-electron chi connectivity index (χ4n) is 3.48. The average molecular weight is 342 g/mol. The molecule has 1 amide bonds. The van der Waals surface area contributed by atoms with E-state index in [0.29, 0.717) is 38.0 Å². The summed E-state index contributed by atoms with van der Waals surface area (Å²) in [6.45, 7) is 5.59. The maximum Gasteiger partial charge on any atom is 0.253 e. The van der Waals surface area contributed by atoms with E-state index >= 15 is 0 Å². The maximum absolute atomic E-state index is 12.9. The van der Waals surface area contributed by atoms with Gasteiger partial charge in [0.15, 0.2) is 0 Å². The minimum Gasteiger partial charge on any atom is -0.424 e. The molecule has 1 unspecified atom stereocenters. The van der Waals surface area contributed by atoms with Crippen LogP contribution in [0.2, 0.25) is 0 Å². The van der Waals surface area contributed by atoms with Gasteiger partial charge in [0, 0.05) is 33.1 Å². The molecule has 1 saturated heterocycles. The van der Waals surface area contributed by atoms with Crippen LogP contribution in [-0.4, -0.2) is 58.2 Å². The van der Waals surface area contributed by atoms with Gasteiger partial charge in [0.05, 0.1) is 13.2 Å². The summed E-state index contributed by atoms with van der Waals surface area (Å²) in [5.74, 6) is 1.21. The van der Waals surface area contributed by atoms with Gasteiger partial charge in [0.25, 0.3) is 5.91 Å². The van der Waals surface area contributed by atoms with Gasteiger partial charge in [-0.05, 0) is 17.5 Å². The van der Waals surface area contributed by atoms with E-state index in [1.807, 2.05) is 11.0 Å². The molecule has 2 aliphatic heterocycles. The highest BCUT2D eigenvalue weighted by molar-refractivity contribution is 5.81. The second-order valence-corrected chi connectivity index (χ2v) is 6.59. The molecule has 0 spiro atoms. The lowest BCUT2D eigenvalue weighted by atomic mass is 9.99. The Morgan fingerprint density at radius 1 is 1.24 bits per heavy atom. The summed E-state index contributed by atoms with van der Waals surface area (Å²) in [5, 5.41) is 7.88. The molecule has 1 atom stereocenters. The third-order valence-corrected chi connectivity index (χ3v) is 4.80. The summed E-state index contributed by atoms with van der Waals surface area (Å²) < 4.78 is 11.2. The maximum atomic E-state index is 12.9. The largest absolute Gasteiger partial charge is 0.424 e. The quantitative estimate of drug-likeness (QED) is 0.834. The van der Waals surface area contributed by atoms with Crippen LogP contribution in [0.4, 0.5) is 0 Å². The lowest BCUT2D eigenvalue weighted by Crippen LogP contribution is -2.51. The van der Waals surface area contributed by atoms with E-state index < -0.39 is 6.10 Å². The molecule has 2 aliphatic rings. The normalized spacial score (nSPS) is 21.2. The Morgan fingerprint density at radius 2 is 2.08 bits per heavy atom. The fourth-order valence-corrected chi connectivity index (χ4v) is 3.48. The molecule has 1 aromatic heterocycles. The van der Waals surface area contributed by atoms with Crippen molar-refractivity contribution in [2.75, 3.05) is 26.2 Å². The van der Waals surface area contributed by atoms with Gasteiger partial charge in [-0.3, -0.25) is 9.69 Å². The van der Waals surface area contributed by atoms with Gasteiger partial charge in [-0.2, -0.15) is 0 Å². The van der Waals surface area contributed by atoms with Crippen molar-refractivity contribution in [2.24, 2.45) is 0 Å². The number of benzene rings is 1. The Labute approximate surface area is 146 Å². The number of carbonyl (C=O) groups excluding carboxylic acids is 1. The highest BCUT2D eigenvalue weighted by Crippen LogP contribution is 2.20. The summed E-state index contributed by atoms with van der Waals surface area (Å²) >= 11 is 0. The summed E-state index contributed by atoms with van der Waals surface area (Å²) in [7, 11) is 0. The first-order valence-electron chi connectivity index (χ1n) is 8.67. The highest BCUT2D eigenvalue weighted by Gasteiger charge is 2.32. The summed E-state index contributed by atoms with van der Waals surface area (Å²) in [6.07, 6.45) is 0.475. The van der Waals surface area contributed by atoms with E-state index in [0.717, 1.165) is 19.5 Å². The van der Waals surface area contributed by atoms with Crippen LogP contribution in [0.5, 0.6) is 0 Å². The highest BCUT2D eigenvalue weighted by atomic mass is 16.5. The summed E-state index contributed by atoms with van der Waals surface area (Å²) in [5.41, 5.74) is 2.57. The molecular weight excluding hydrogens is 320 g/mol.